The fourth-order valence-electron chi connectivity index (χ4n) is 5.62. The molecule has 4 rings (SSSR count). The van der Waals surface area contributed by atoms with E-state index in [2.05, 4.69) is 19.1 Å². The Bertz CT molecular complexity index is 1410. The number of hydrogen-bond acceptors (Lipinski definition) is 4. The molecule has 0 radical (unpaired) electrons. The number of aromatic carboxylic acids is 1. The Morgan fingerprint density at radius 1 is 0.875 bits per heavy atom. The first-order valence-corrected chi connectivity index (χ1v) is 16.0. The molecule has 6 heteroatoms. The van der Waals surface area contributed by atoms with E-state index in [1.54, 1.807) is 30.5 Å². The minimum Gasteiger partial charge on any atom is -0.478 e. The van der Waals surface area contributed by atoms with Crippen molar-refractivity contribution >= 4 is 22.0 Å². The van der Waals surface area contributed by atoms with Gasteiger partial charge < -0.3 is 5.11 Å². The van der Waals surface area contributed by atoms with Gasteiger partial charge in [-0.3, -0.25) is 4.99 Å². The fraction of sp³-hybridized carbons (Fsp3) is 0.353. The number of aliphatic imine (C=N–C) groups is 1. The second-order valence-corrected chi connectivity index (χ2v) is 12.8. The highest BCUT2D eigenvalue weighted by atomic mass is 32.2. The van der Waals surface area contributed by atoms with E-state index in [9.17, 15) is 18.3 Å². The molecule has 5 nitrogen and oxygen atoms in total. The monoisotopic (exact) mass is 557 g/mol. The molecule has 0 bridgehead atoms. The maximum atomic E-state index is 14.1. The zero-order valence-electron chi connectivity index (χ0n) is 23.2. The van der Waals surface area contributed by atoms with Crippen molar-refractivity contribution < 1.29 is 18.3 Å². The summed E-state index contributed by atoms with van der Waals surface area (Å²) in [5.74, 6) is -0.881. The van der Waals surface area contributed by atoms with Crippen LogP contribution >= 0.6 is 0 Å². The van der Waals surface area contributed by atoms with Gasteiger partial charge in [0, 0.05) is 6.21 Å². The van der Waals surface area contributed by atoms with E-state index in [-0.39, 0.29) is 11.3 Å². The smallest absolute Gasteiger partial charge is 0.336 e. The highest BCUT2D eigenvalue weighted by Crippen LogP contribution is 2.43. The maximum absolute atomic E-state index is 14.1. The van der Waals surface area contributed by atoms with Gasteiger partial charge in [-0.05, 0) is 53.7 Å². The molecule has 1 aliphatic rings. The Kier molecular flexibility index (Phi) is 10.1. The largest absolute Gasteiger partial charge is 0.478 e. The molecule has 0 spiro atoms. The van der Waals surface area contributed by atoms with E-state index >= 15 is 0 Å². The third-order valence-electron chi connectivity index (χ3n) is 7.72. The van der Waals surface area contributed by atoms with Crippen molar-refractivity contribution in [3.05, 3.63) is 108 Å². The van der Waals surface area contributed by atoms with Crippen molar-refractivity contribution in [2.75, 3.05) is 5.75 Å². The van der Waals surface area contributed by atoms with E-state index in [0.717, 1.165) is 36.8 Å². The molecular formula is C34H39NO4S. The Morgan fingerprint density at radius 2 is 1.55 bits per heavy atom. The molecule has 0 aliphatic carbocycles. The van der Waals surface area contributed by atoms with Gasteiger partial charge in [0.1, 0.15) is 10.8 Å². The van der Waals surface area contributed by atoms with Crippen LogP contribution in [-0.2, 0) is 16.3 Å². The van der Waals surface area contributed by atoms with E-state index in [1.807, 2.05) is 54.6 Å². The average Bonchev–Trinajstić information content (AvgIpc) is 3.44. The van der Waals surface area contributed by atoms with Crippen LogP contribution in [0.2, 0.25) is 0 Å². The zero-order valence-corrected chi connectivity index (χ0v) is 24.0. The molecule has 0 saturated heterocycles. The van der Waals surface area contributed by atoms with Crippen LogP contribution in [0.5, 0.6) is 0 Å². The highest BCUT2D eigenvalue weighted by molar-refractivity contribution is 7.91. The standard InChI is InChI=1S/C34H39NO4S/c1-2-3-4-5-6-12-26-40(38,39)32(34(23-13-25-35-34)24-22-27-14-8-7-9-15-27)29-20-18-28(19-21-29)30-16-10-11-17-31(30)33(36)37/h7-11,13-21,23,25,32H,2-6,12,22,24,26H2,1H3,(H,36,37). The first-order valence-electron chi connectivity index (χ1n) is 14.3. The first-order chi connectivity index (χ1) is 19.4. The van der Waals surface area contributed by atoms with Crippen LogP contribution in [-0.4, -0.2) is 37.0 Å². The summed E-state index contributed by atoms with van der Waals surface area (Å²) in [6.07, 6.45) is 12.8. The van der Waals surface area contributed by atoms with E-state index in [1.165, 1.54) is 6.42 Å². The van der Waals surface area contributed by atoms with Crippen LogP contribution in [0.3, 0.4) is 0 Å². The fourth-order valence-corrected chi connectivity index (χ4v) is 7.92. The first kappa shape index (κ1) is 29.5. The normalized spacial score (nSPS) is 17.2. The number of benzene rings is 3. The van der Waals surface area contributed by atoms with Gasteiger partial charge in [-0.15, -0.1) is 0 Å². The lowest BCUT2D eigenvalue weighted by atomic mass is 9.85. The number of carboxylic acid groups (broad SMARTS) is 1. The molecule has 210 valence electrons. The van der Waals surface area contributed by atoms with Gasteiger partial charge in [0.05, 0.1) is 11.3 Å². The van der Waals surface area contributed by atoms with Gasteiger partial charge in [0.25, 0.3) is 0 Å². The van der Waals surface area contributed by atoms with E-state index in [0.29, 0.717) is 30.4 Å². The Hall–Kier alpha value is -3.51. The molecule has 0 aromatic heterocycles. The predicted octanol–water partition coefficient (Wildman–Crippen LogP) is 7.88. The zero-order chi connectivity index (χ0) is 28.4. The number of aryl methyl sites for hydroxylation is 1. The quantitative estimate of drug-likeness (QED) is 0.193. The third kappa shape index (κ3) is 7.16. The Balaban J connectivity index is 1.67. The lowest BCUT2D eigenvalue weighted by Crippen LogP contribution is -2.38. The second kappa shape index (κ2) is 13.7. The molecule has 2 atom stereocenters. The van der Waals surface area contributed by atoms with Gasteiger partial charge in [-0.2, -0.15) is 0 Å². The molecule has 2 unspecified atom stereocenters. The summed E-state index contributed by atoms with van der Waals surface area (Å²) in [5.41, 5.74) is 2.47. The number of carboxylic acids is 1. The van der Waals surface area contributed by atoms with Crippen LogP contribution in [0.15, 0.2) is 96.0 Å². The second-order valence-electron chi connectivity index (χ2n) is 10.6. The molecular weight excluding hydrogens is 518 g/mol. The molecule has 0 fully saturated rings. The number of unbranched alkanes of at least 4 members (excludes halogenated alkanes) is 5. The molecule has 40 heavy (non-hydrogen) atoms. The maximum Gasteiger partial charge on any atom is 0.336 e. The molecule has 3 aromatic carbocycles. The van der Waals surface area contributed by atoms with Gasteiger partial charge in [0.15, 0.2) is 9.84 Å². The summed E-state index contributed by atoms with van der Waals surface area (Å²) in [4.78, 5) is 16.6. The predicted molar refractivity (Wildman–Crippen MR) is 164 cm³/mol. The van der Waals surface area contributed by atoms with Crippen LogP contribution in [0, 0.1) is 0 Å². The molecule has 1 aliphatic heterocycles. The van der Waals surface area contributed by atoms with Crippen molar-refractivity contribution in [2.24, 2.45) is 4.99 Å². The molecule has 1 heterocycles. The topological polar surface area (TPSA) is 83.8 Å². The van der Waals surface area contributed by atoms with Crippen molar-refractivity contribution in [3.63, 3.8) is 0 Å². The Labute approximate surface area is 238 Å². The lowest BCUT2D eigenvalue weighted by Gasteiger charge is -2.34. The van der Waals surface area contributed by atoms with E-state index in [4.69, 9.17) is 4.99 Å². The summed E-state index contributed by atoms with van der Waals surface area (Å²) < 4.78 is 28.3. The molecule has 3 aromatic rings. The molecule has 0 amide bonds. The molecule has 1 N–H and O–H groups in total. The number of nitrogens with zero attached hydrogens (tertiary/aromatic N) is 1. The lowest BCUT2D eigenvalue weighted by molar-refractivity contribution is 0.0697. The summed E-state index contributed by atoms with van der Waals surface area (Å²) in [7, 11) is -3.57. The van der Waals surface area contributed by atoms with Crippen LogP contribution < -0.4 is 0 Å². The number of carbonyl (C=O) groups is 1. The minimum atomic E-state index is -3.57. The highest BCUT2D eigenvalue weighted by Gasteiger charge is 2.45. The number of rotatable bonds is 15. The van der Waals surface area contributed by atoms with Crippen LogP contribution in [0.4, 0.5) is 0 Å². The van der Waals surface area contributed by atoms with Gasteiger partial charge in [0.2, 0.25) is 0 Å². The van der Waals surface area contributed by atoms with Crippen LogP contribution in [0.1, 0.15) is 78.6 Å². The minimum absolute atomic E-state index is 0.115. The number of allylic oxidation sites excluding steroid dienone is 1. The summed E-state index contributed by atoms with van der Waals surface area (Å²) in [6.45, 7) is 2.17. The third-order valence-corrected chi connectivity index (χ3v) is 9.98. The summed E-state index contributed by atoms with van der Waals surface area (Å²) >= 11 is 0. The summed E-state index contributed by atoms with van der Waals surface area (Å²) in [6, 6.07) is 24.3. The van der Waals surface area contributed by atoms with E-state index < -0.39 is 26.6 Å². The van der Waals surface area contributed by atoms with Crippen molar-refractivity contribution in [2.45, 2.75) is 69.1 Å². The van der Waals surface area contributed by atoms with Crippen molar-refractivity contribution in [1.29, 1.82) is 0 Å². The molecule has 0 saturated carbocycles. The van der Waals surface area contributed by atoms with Gasteiger partial charge in [-0.25, -0.2) is 13.2 Å². The van der Waals surface area contributed by atoms with Crippen molar-refractivity contribution in [3.8, 4) is 11.1 Å². The Morgan fingerprint density at radius 3 is 2.23 bits per heavy atom. The summed E-state index contributed by atoms with van der Waals surface area (Å²) in [5, 5.41) is 8.82. The SMILES string of the molecule is CCCCCCCCS(=O)(=O)C(c1ccc(-c2ccccc2C(=O)O)cc1)C1(CCc2ccccc2)C=CC=N1. The number of hydrogen-bond donors (Lipinski definition) is 1. The number of sulfone groups is 1. The van der Waals surface area contributed by atoms with Crippen molar-refractivity contribution in [1.82, 2.24) is 0 Å². The van der Waals surface area contributed by atoms with Gasteiger partial charge >= 0.3 is 5.97 Å². The van der Waals surface area contributed by atoms with Crippen LogP contribution in [0.25, 0.3) is 11.1 Å². The van der Waals surface area contributed by atoms with Gasteiger partial charge in [-0.1, -0.05) is 118 Å². The average molecular weight is 558 g/mol.